The van der Waals surface area contributed by atoms with Gasteiger partial charge in [-0.2, -0.15) is 0 Å². The van der Waals surface area contributed by atoms with Crippen molar-refractivity contribution in [2.24, 2.45) is 11.8 Å². The molecule has 0 saturated heterocycles. The van der Waals surface area contributed by atoms with Gasteiger partial charge in [-0.15, -0.1) is 11.3 Å². The summed E-state index contributed by atoms with van der Waals surface area (Å²) in [4.78, 5) is 27.9. The molecule has 1 aromatic heterocycles. The number of rotatable bonds is 6. The monoisotopic (exact) mass is 381 g/mol. The number of methoxy groups -OCH3 is 1. The molecule has 5 nitrogen and oxygen atoms in total. The summed E-state index contributed by atoms with van der Waals surface area (Å²) in [6.07, 6.45) is 3.86. The van der Waals surface area contributed by atoms with Gasteiger partial charge in [-0.25, -0.2) is 4.79 Å². The van der Waals surface area contributed by atoms with Crippen molar-refractivity contribution in [3.63, 3.8) is 0 Å². The third-order valence-electron chi connectivity index (χ3n) is 5.09. The van der Waals surface area contributed by atoms with Gasteiger partial charge in [0.25, 0.3) is 0 Å². The first-order valence-electron chi connectivity index (χ1n) is 9.33. The smallest absolute Gasteiger partial charge is 0.348 e. The van der Waals surface area contributed by atoms with Crippen LogP contribution < -0.4 is 4.90 Å². The Balaban J connectivity index is 2.38. The molecule has 1 fully saturated rings. The Labute approximate surface area is 160 Å². The van der Waals surface area contributed by atoms with Crippen LogP contribution in [0.1, 0.15) is 67.9 Å². The topological polar surface area (TPSA) is 66.8 Å². The molecule has 1 aromatic rings. The van der Waals surface area contributed by atoms with Gasteiger partial charge in [-0.05, 0) is 43.1 Å². The lowest BCUT2D eigenvalue weighted by molar-refractivity contribution is -0.123. The molecule has 2 rings (SSSR count). The number of aromatic carboxylic acids is 1. The van der Waals surface area contributed by atoms with Crippen molar-refractivity contribution in [3.8, 4) is 0 Å². The standard InChI is InChI=1S/C20H31NO4S/c1-13-6-8-14(9-7-13)18(22)21(10-11-25-5)15-12-16(20(2,3)4)26-17(15)19(23)24/h12-14H,6-11H2,1-5H3,(H,23,24). The van der Waals surface area contributed by atoms with Gasteiger partial charge in [0.1, 0.15) is 4.88 Å². The lowest BCUT2D eigenvalue weighted by Gasteiger charge is -2.31. The summed E-state index contributed by atoms with van der Waals surface area (Å²) >= 11 is 1.27. The Morgan fingerprint density at radius 1 is 1.27 bits per heavy atom. The maximum atomic E-state index is 13.2. The molecule has 0 bridgehead atoms. The van der Waals surface area contributed by atoms with E-state index in [1.807, 2.05) is 6.07 Å². The second kappa shape index (κ2) is 8.53. The molecule has 0 radical (unpaired) electrons. The van der Waals surface area contributed by atoms with Crippen molar-refractivity contribution in [1.82, 2.24) is 0 Å². The van der Waals surface area contributed by atoms with Crippen molar-refractivity contribution in [1.29, 1.82) is 0 Å². The van der Waals surface area contributed by atoms with Gasteiger partial charge >= 0.3 is 5.97 Å². The quantitative estimate of drug-likeness (QED) is 0.785. The molecule has 6 heteroatoms. The third-order valence-corrected chi connectivity index (χ3v) is 6.62. The van der Waals surface area contributed by atoms with Gasteiger partial charge < -0.3 is 14.7 Å². The second-order valence-corrected chi connectivity index (χ2v) is 9.37. The van der Waals surface area contributed by atoms with Crippen molar-refractivity contribution < 1.29 is 19.4 Å². The fraction of sp³-hybridized carbons (Fsp3) is 0.700. The number of anilines is 1. The van der Waals surface area contributed by atoms with Crippen LogP contribution in [-0.2, 0) is 14.9 Å². The molecule has 0 unspecified atom stereocenters. The van der Waals surface area contributed by atoms with Crippen LogP contribution in [0.2, 0.25) is 0 Å². The van der Waals surface area contributed by atoms with Crippen LogP contribution in [0.15, 0.2) is 6.07 Å². The molecule has 1 aliphatic carbocycles. The zero-order valence-electron chi connectivity index (χ0n) is 16.5. The average molecular weight is 382 g/mol. The molecular weight excluding hydrogens is 350 g/mol. The highest BCUT2D eigenvalue weighted by Gasteiger charge is 2.33. The van der Waals surface area contributed by atoms with Gasteiger partial charge in [0.05, 0.1) is 12.3 Å². The number of thiophene rings is 1. The van der Waals surface area contributed by atoms with E-state index in [0.29, 0.717) is 24.8 Å². The summed E-state index contributed by atoms with van der Waals surface area (Å²) < 4.78 is 5.18. The highest BCUT2D eigenvalue weighted by atomic mass is 32.1. The lowest BCUT2D eigenvalue weighted by atomic mass is 9.82. The van der Waals surface area contributed by atoms with Crippen LogP contribution in [-0.4, -0.2) is 37.2 Å². The fourth-order valence-corrected chi connectivity index (χ4v) is 4.42. The molecule has 1 amide bonds. The Hall–Kier alpha value is -1.40. The molecule has 0 atom stereocenters. The van der Waals surface area contributed by atoms with E-state index in [4.69, 9.17) is 4.74 Å². The van der Waals surface area contributed by atoms with Crippen molar-refractivity contribution in [2.45, 2.75) is 58.8 Å². The number of hydrogen-bond acceptors (Lipinski definition) is 4. The molecule has 0 aromatic carbocycles. The summed E-state index contributed by atoms with van der Waals surface area (Å²) in [6, 6.07) is 1.88. The molecular formula is C20H31NO4S. The average Bonchev–Trinajstić information content (AvgIpc) is 3.01. The van der Waals surface area contributed by atoms with Crippen LogP contribution >= 0.6 is 11.3 Å². The molecule has 0 aliphatic heterocycles. The van der Waals surface area contributed by atoms with Crippen LogP contribution in [0, 0.1) is 11.8 Å². The van der Waals surface area contributed by atoms with E-state index in [1.165, 1.54) is 11.3 Å². The predicted octanol–water partition coefficient (Wildman–Crippen LogP) is 4.55. The van der Waals surface area contributed by atoms with E-state index < -0.39 is 5.97 Å². The maximum Gasteiger partial charge on any atom is 0.348 e. The first kappa shape index (κ1) is 20.9. The van der Waals surface area contributed by atoms with Crippen LogP contribution in [0.5, 0.6) is 0 Å². The Morgan fingerprint density at radius 3 is 2.38 bits per heavy atom. The molecule has 26 heavy (non-hydrogen) atoms. The Kier molecular flexibility index (Phi) is 6.86. The van der Waals surface area contributed by atoms with Gasteiger partial charge in [0.2, 0.25) is 5.91 Å². The van der Waals surface area contributed by atoms with Crippen molar-refractivity contribution in [3.05, 3.63) is 15.8 Å². The lowest BCUT2D eigenvalue weighted by Crippen LogP contribution is -2.40. The van der Waals surface area contributed by atoms with E-state index in [0.717, 1.165) is 30.6 Å². The molecule has 1 heterocycles. The van der Waals surface area contributed by atoms with Gasteiger partial charge in [-0.1, -0.05) is 27.7 Å². The maximum absolute atomic E-state index is 13.2. The van der Waals surface area contributed by atoms with Crippen LogP contribution in [0.3, 0.4) is 0 Å². The zero-order chi connectivity index (χ0) is 19.5. The SMILES string of the molecule is COCCN(C(=O)C1CCC(C)CC1)c1cc(C(C)(C)C)sc1C(=O)O. The highest BCUT2D eigenvalue weighted by Crippen LogP contribution is 2.39. The highest BCUT2D eigenvalue weighted by molar-refractivity contribution is 7.14. The van der Waals surface area contributed by atoms with Gasteiger partial charge in [-0.3, -0.25) is 4.79 Å². The van der Waals surface area contributed by atoms with Crippen molar-refractivity contribution >= 4 is 28.9 Å². The van der Waals surface area contributed by atoms with E-state index in [1.54, 1.807) is 12.0 Å². The van der Waals surface area contributed by atoms with Crippen LogP contribution in [0.4, 0.5) is 5.69 Å². The van der Waals surface area contributed by atoms with Gasteiger partial charge in [0, 0.05) is 24.4 Å². The number of ether oxygens (including phenoxy) is 1. The molecule has 1 aliphatic rings. The van der Waals surface area contributed by atoms with Crippen molar-refractivity contribution in [2.75, 3.05) is 25.2 Å². The largest absolute Gasteiger partial charge is 0.477 e. The first-order valence-corrected chi connectivity index (χ1v) is 10.1. The minimum Gasteiger partial charge on any atom is -0.477 e. The minimum atomic E-state index is -0.979. The normalized spacial score (nSPS) is 20.8. The minimum absolute atomic E-state index is 0.0253. The fourth-order valence-electron chi connectivity index (χ4n) is 3.36. The van der Waals surface area contributed by atoms with E-state index in [2.05, 4.69) is 27.7 Å². The number of carbonyl (C=O) groups excluding carboxylic acids is 1. The predicted molar refractivity (Wildman–Crippen MR) is 105 cm³/mol. The summed E-state index contributed by atoms with van der Waals surface area (Å²) in [7, 11) is 1.59. The van der Waals surface area contributed by atoms with E-state index in [-0.39, 0.29) is 22.1 Å². The van der Waals surface area contributed by atoms with E-state index in [9.17, 15) is 14.7 Å². The van der Waals surface area contributed by atoms with Gasteiger partial charge in [0.15, 0.2) is 0 Å². The number of carboxylic acid groups (broad SMARTS) is 1. The summed E-state index contributed by atoms with van der Waals surface area (Å²) in [5, 5.41) is 9.69. The molecule has 1 saturated carbocycles. The molecule has 146 valence electrons. The first-order chi connectivity index (χ1) is 12.1. The number of amides is 1. The molecule has 1 N–H and O–H groups in total. The second-order valence-electron chi connectivity index (χ2n) is 8.32. The Bertz CT molecular complexity index is 639. The van der Waals surface area contributed by atoms with E-state index >= 15 is 0 Å². The number of carboxylic acids is 1. The number of hydrogen-bond donors (Lipinski definition) is 1. The zero-order valence-corrected chi connectivity index (χ0v) is 17.3. The summed E-state index contributed by atoms with van der Waals surface area (Å²) in [5.41, 5.74) is 0.358. The van der Waals surface area contributed by atoms with Crippen LogP contribution in [0.25, 0.3) is 0 Å². The summed E-state index contributed by atoms with van der Waals surface area (Å²) in [6.45, 7) is 9.14. The number of carbonyl (C=O) groups is 2. The molecule has 0 spiro atoms. The Morgan fingerprint density at radius 2 is 1.88 bits per heavy atom. The summed E-state index contributed by atoms with van der Waals surface area (Å²) in [5.74, 6) is -0.305. The number of nitrogens with zero attached hydrogens (tertiary/aromatic N) is 1. The third kappa shape index (κ3) is 4.86.